The molecule has 0 heterocycles. The number of thioether (sulfide) groups is 1. The fourth-order valence-corrected chi connectivity index (χ4v) is 4.10. The van der Waals surface area contributed by atoms with Gasteiger partial charge in [-0.05, 0) is 54.1 Å². The van der Waals surface area contributed by atoms with Crippen molar-refractivity contribution in [2.75, 3.05) is 25.5 Å². The zero-order valence-corrected chi connectivity index (χ0v) is 19.9. The van der Waals surface area contributed by atoms with Crippen LogP contribution in [0, 0.1) is 0 Å². The highest BCUT2D eigenvalue weighted by molar-refractivity contribution is 7.98. The van der Waals surface area contributed by atoms with Crippen molar-refractivity contribution in [3.05, 3.63) is 94.5 Å². The monoisotopic (exact) mass is 481 g/mol. The lowest BCUT2D eigenvalue weighted by Gasteiger charge is -2.24. The highest BCUT2D eigenvalue weighted by Gasteiger charge is 2.24. The third kappa shape index (κ3) is 6.37. The standard InChI is InChI=1S/C25H24ClN3O3S/c1-27-23(30)15-29(22-6-4-3-5-21(22)24(31)28-2)25(32)18-9-7-17(8-10-18)16-33-20-13-11-19(26)12-14-20/h3-14H,15-16H2,1-2H3,(H,27,30)(H,28,31). The molecule has 0 spiro atoms. The molecule has 3 aromatic carbocycles. The molecule has 3 amide bonds. The second kappa shape index (κ2) is 11.5. The minimum absolute atomic E-state index is 0.211. The van der Waals surface area contributed by atoms with Gasteiger partial charge in [0.25, 0.3) is 11.8 Å². The SMILES string of the molecule is CNC(=O)CN(C(=O)c1ccc(CSc2ccc(Cl)cc2)cc1)c1ccccc1C(=O)NC. The summed E-state index contributed by atoms with van der Waals surface area (Å²) in [7, 11) is 3.02. The molecule has 6 nitrogen and oxygen atoms in total. The molecule has 0 aromatic heterocycles. The fraction of sp³-hybridized carbons (Fsp3) is 0.160. The van der Waals surface area contributed by atoms with Gasteiger partial charge < -0.3 is 10.6 Å². The van der Waals surface area contributed by atoms with Crippen LogP contribution in [0.1, 0.15) is 26.3 Å². The first-order valence-electron chi connectivity index (χ1n) is 10.2. The van der Waals surface area contributed by atoms with Crippen LogP contribution in [0.25, 0.3) is 0 Å². The number of anilines is 1. The molecule has 0 saturated carbocycles. The number of rotatable bonds is 8. The highest BCUT2D eigenvalue weighted by atomic mass is 35.5. The minimum atomic E-state index is -0.369. The molecular formula is C25H24ClN3O3S. The van der Waals surface area contributed by atoms with Gasteiger partial charge in [-0.3, -0.25) is 19.3 Å². The van der Waals surface area contributed by atoms with Crippen molar-refractivity contribution < 1.29 is 14.4 Å². The van der Waals surface area contributed by atoms with Crippen LogP contribution in [0.4, 0.5) is 5.69 Å². The Hall–Kier alpha value is -3.29. The summed E-state index contributed by atoms with van der Waals surface area (Å²) in [5.74, 6) is -0.315. The van der Waals surface area contributed by atoms with E-state index in [1.807, 2.05) is 36.4 Å². The lowest BCUT2D eigenvalue weighted by molar-refractivity contribution is -0.119. The van der Waals surface area contributed by atoms with Crippen molar-refractivity contribution in [1.29, 1.82) is 0 Å². The van der Waals surface area contributed by atoms with E-state index in [9.17, 15) is 14.4 Å². The first kappa shape index (κ1) is 24.4. The van der Waals surface area contributed by atoms with Crippen LogP contribution in [0.2, 0.25) is 5.02 Å². The van der Waals surface area contributed by atoms with E-state index in [4.69, 9.17) is 11.6 Å². The molecular weight excluding hydrogens is 458 g/mol. The molecule has 0 atom stereocenters. The Morgan fingerprint density at radius 1 is 0.879 bits per heavy atom. The molecule has 3 aromatic rings. The van der Waals surface area contributed by atoms with E-state index in [1.54, 1.807) is 48.2 Å². The van der Waals surface area contributed by atoms with Gasteiger partial charge in [0.2, 0.25) is 5.91 Å². The Morgan fingerprint density at radius 2 is 1.55 bits per heavy atom. The average molecular weight is 482 g/mol. The molecule has 8 heteroatoms. The largest absolute Gasteiger partial charge is 0.358 e. The number of para-hydroxylation sites is 1. The molecule has 0 aliphatic carbocycles. The van der Waals surface area contributed by atoms with Crippen LogP contribution >= 0.6 is 23.4 Å². The summed E-state index contributed by atoms with van der Waals surface area (Å²) < 4.78 is 0. The summed E-state index contributed by atoms with van der Waals surface area (Å²) in [6.07, 6.45) is 0. The summed E-state index contributed by atoms with van der Waals surface area (Å²) in [5.41, 5.74) is 2.15. The van der Waals surface area contributed by atoms with Crippen LogP contribution in [0.15, 0.2) is 77.7 Å². The Labute approximate surface area is 202 Å². The lowest BCUT2D eigenvalue weighted by Crippen LogP contribution is -2.41. The third-order valence-corrected chi connectivity index (χ3v) is 6.25. The molecule has 0 unspecified atom stereocenters. The van der Waals surface area contributed by atoms with Gasteiger partial charge >= 0.3 is 0 Å². The fourth-order valence-electron chi connectivity index (χ4n) is 3.12. The quantitative estimate of drug-likeness (QED) is 0.468. The number of benzene rings is 3. The molecule has 0 aliphatic rings. The summed E-state index contributed by atoms with van der Waals surface area (Å²) in [4.78, 5) is 40.3. The lowest BCUT2D eigenvalue weighted by atomic mass is 10.1. The van der Waals surface area contributed by atoms with Crippen molar-refractivity contribution in [1.82, 2.24) is 10.6 Å². The normalized spacial score (nSPS) is 10.4. The number of halogens is 1. The Bertz CT molecular complexity index is 1130. The molecule has 0 radical (unpaired) electrons. The summed E-state index contributed by atoms with van der Waals surface area (Å²) in [5, 5.41) is 5.80. The Balaban J connectivity index is 1.82. The van der Waals surface area contributed by atoms with Gasteiger partial charge in [0, 0.05) is 35.3 Å². The molecule has 33 heavy (non-hydrogen) atoms. The van der Waals surface area contributed by atoms with Crippen LogP contribution in [-0.4, -0.2) is 38.4 Å². The Kier molecular flexibility index (Phi) is 8.52. The number of hydrogen-bond donors (Lipinski definition) is 2. The van der Waals surface area contributed by atoms with E-state index in [0.29, 0.717) is 21.8 Å². The number of hydrogen-bond acceptors (Lipinski definition) is 4. The molecule has 0 fully saturated rings. The smallest absolute Gasteiger partial charge is 0.258 e. The summed E-state index contributed by atoms with van der Waals surface area (Å²) in [6, 6.07) is 21.6. The van der Waals surface area contributed by atoms with Gasteiger partial charge in [0.15, 0.2) is 0 Å². The number of carbonyl (C=O) groups excluding carboxylic acids is 3. The summed E-state index contributed by atoms with van der Waals surface area (Å²) in [6.45, 7) is -0.211. The van der Waals surface area contributed by atoms with E-state index in [-0.39, 0.29) is 24.3 Å². The van der Waals surface area contributed by atoms with E-state index >= 15 is 0 Å². The van der Waals surface area contributed by atoms with E-state index in [2.05, 4.69) is 10.6 Å². The molecule has 0 bridgehead atoms. The second-order valence-electron chi connectivity index (χ2n) is 7.10. The minimum Gasteiger partial charge on any atom is -0.358 e. The summed E-state index contributed by atoms with van der Waals surface area (Å²) >= 11 is 7.60. The van der Waals surface area contributed by atoms with Crippen molar-refractivity contribution in [2.45, 2.75) is 10.6 Å². The first-order valence-corrected chi connectivity index (χ1v) is 11.6. The number of likely N-dealkylation sites (N-methyl/N-ethyl adjacent to an activating group) is 1. The average Bonchev–Trinajstić information content (AvgIpc) is 2.86. The van der Waals surface area contributed by atoms with Crippen LogP contribution < -0.4 is 15.5 Å². The maximum atomic E-state index is 13.4. The first-order chi connectivity index (χ1) is 15.9. The topological polar surface area (TPSA) is 78.5 Å². The molecule has 170 valence electrons. The second-order valence-corrected chi connectivity index (χ2v) is 8.59. The van der Waals surface area contributed by atoms with Gasteiger partial charge in [0.05, 0.1) is 11.3 Å². The van der Waals surface area contributed by atoms with Crippen molar-refractivity contribution >= 4 is 46.8 Å². The van der Waals surface area contributed by atoms with Gasteiger partial charge in [0.1, 0.15) is 6.54 Å². The number of amides is 3. The predicted molar refractivity (Wildman–Crippen MR) is 133 cm³/mol. The third-order valence-electron chi connectivity index (χ3n) is 4.91. The highest BCUT2D eigenvalue weighted by Crippen LogP contribution is 2.26. The van der Waals surface area contributed by atoms with E-state index < -0.39 is 0 Å². The van der Waals surface area contributed by atoms with Gasteiger partial charge in [-0.15, -0.1) is 11.8 Å². The number of nitrogens with zero attached hydrogens (tertiary/aromatic N) is 1. The van der Waals surface area contributed by atoms with Gasteiger partial charge in [-0.1, -0.05) is 35.9 Å². The molecule has 2 N–H and O–H groups in total. The predicted octanol–water partition coefficient (Wildman–Crippen LogP) is 4.38. The van der Waals surface area contributed by atoms with Crippen molar-refractivity contribution in [3.8, 4) is 0 Å². The Morgan fingerprint density at radius 3 is 2.18 bits per heavy atom. The maximum Gasteiger partial charge on any atom is 0.258 e. The maximum absolute atomic E-state index is 13.4. The van der Waals surface area contributed by atoms with Crippen molar-refractivity contribution in [2.24, 2.45) is 0 Å². The zero-order chi connectivity index (χ0) is 23.8. The van der Waals surface area contributed by atoms with Crippen LogP contribution in [0.3, 0.4) is 0 Å². The number of nitrogens with one attached hydrogen (secondary N) is 2. The molecule has 0 aliphatic heterocycles. The van der Waals surface area contributed by atoms with Crippen molar-refractivity contribution in [3.63, 3.8) is 0 Å². The molecule has 0 saturated heterocycles. The molecule has 3 rings (SSSR count). The van der Waals surface area contributed by atoms with E-state index in [0.717, 1.165) is 16.2 Å². The van der Waals surface area contributed by atoms with Crippen LogP contribution in [-0.2, 0) is 10.5 Å². The van der Waals surface area contributed by atoms with Gasteiger partial charge in [-0.2, -0.15) is 0 Å². The van der Waals surface area contributed by atoms with Crippen LogP contribution in [0.5, 0.6) is 0 Å². The van der Waals surface area contributed by atoms with E-state index in [1.165, 1.54) is 19.0 Å². The zero-order valence-electron chi connectivity index (χ0n) is 18.3. The van der Waals surface area contributed by atoms with Gasteiger partial charge in [-0.25, -0.2) is 0 Å². The number of carbonyl (C=O) groups is 3.